The number of rotatable bonds is 0. The number of nitrogens with zero attached hydrogens (tertiary/aromatic N) is 2. The van der Waals surface area contributed by atoms with Crippen LogP contribution in [0.5, 0.6) is 0 Å². The molecule has 0 fully saturated rings. The van der Waals surface area contributed by atoms with E-state index < -0.39 is 0 Å². The first-order valence-corrected chi connectivity index (χ1v) is 3.96. The fourth-order valence-electron chi connectivity index (χ4n) is 0.602. The Morgan fingerprint density at radius 1 is 1.64 bits per heavy atom. The molecule has 0 aliphatic heterocycles. The van der Waals surface area contributed by atoms with Crippen molar-refractivity contribution in [2.45, 2.75) is 6.92 Å². The molecule has 0 unspecified atom stereocenters. The number of hydrogen-bond acceptors (Lipinski definition) is 2. The summed E-state index contributed by atoms with van der Waals surface area (Å²) in [6, 6.07) is 5.54. The molecule has 1 aromatic rings. The van der Waals surface area contributed by atoms with Crippen LogP contribution in [0.15, 0.2) is 18.3 Å². The van der Waals surface area contributed by atoms with E-state index in [1.807, 2.05) is 13.0 Å². The van der Waals surface area contributed by atoms with Crippen LogP contribution in [0.2, 0.25) is 0 Å². The Hall–Kier alpha value is -0.906. The molecule has 1 rings (SSSR count). The van der Waals surface area contributed by atoms with Gasteiger partial charge in [0, 0.05) is 6.20 Å². The zero-order valence-corrected chi connectivity index (χ0v) is 7.68. The van der Waals surface area contributed by atoms with E-state index in [4.69, 9.17) is 5.26 Å². The molecule has 0 saturated heterocycles. The Balaban J connectivity index is 0.000000461. The summed E-state index contributed by atoms with van der Waals surface area (Å²) < 4.78 is 0. The summed E-state index contributed by atoms with van der Waals surface area (Å²) in [4.78, 5) is 3.93. The van der Waals surface area contributed by atoms with E-state index in [0.29, 0.717) is 5.56 Å². The summed E-state index contributed by atoms with van der Waals surface area (Å²) in [5, 5.41) is 11.6. The van der Waals surface area contributed by atoms with Gasteiger partial charge in [0.2, 0.25) is 0 Å². The summed E-state index contributed by atoms with van der Waals surface area (Å²) >= 11 is 2.06. The molecule has 1 aromatic heterocycles. The summed E-state index contributed by atoms with van der Waals surface area (Å²) in [6.45, 7) is 1.82. The molecule has 0 aromatic carbocycles. The van der Waals surface area contributed by atoms with E-state index in [-0.39, 0.29) is 0 Å². The van der Waals surface area contributed by atoms with Crippen LogP contribution in [0.25, 0.3) is 0 Å². The molecule has 0 spiro atoms. The van der Waals surface area contributed by atoms with Crippen LogP contribution in [-0.2, 0) is 17.0 Å². The van der Waals surface area contributed by atoms with Gasteiger partial charge in [-0.2, -0.15) is 5.26 Å². The second kappa shape index (κ2) is 5.85. The van der Waals surface area contributed by atoms with Gasteiger partial charge in [-0.3, -0.25) is 4.98 Å². The minimum absolute atomic E-state index is 0.650. The zero-order valence-electron chi connectivity index (χ0n) is 6.28. The van der Waals surface area contributed by atoms with Gasteiger partial charge in [0.15, 0.2) is 0 Å². The van der Waals surface area contributed by atoms with Gasteiger partial charge >= 0.3 is 22.2 Å². The minimum atomic E-state index is 0.650. The van der Waals surface area contributed by atoms with Crippen molar-refractivity contribution in [1.82, 2.24) is 4.98 Å². The number of pyridine rings is 1. The van der Waals surface area contributed by atoms with Gasteiger partial charge in [-0.25, -0.2) is 0 Å². The van der Waals surface area contributed by atoms with Crippen molar-refractivity contribution in [1.29, 1.82) is 5.26 Å². The third-order valence-corrected chi connectivity index (χ3v) is 1.13. The normalized spacial score (nSPS) is 7.18. The van der Waals surface area contributed by atoms with Crippen LogP contribution in [0.3, 0.4) is 0 Å². The second-order valence-electron chi connectivity index (χ2n) is 1.75. The third-order valence-electron chi connectivity index (χ3n) is 1.13. The molecule has 0 amide bonds. The molecule has 0 saturated carbocycles. The summed E-state index contributed by atoms with van der Waals surface area (Å²) in [6.07, 6.45) is 1.68. The molecule has 0 radical (unpaired) electrons. The number of aromatic nitrogens is 1. The van der Waals surface area contributed by atoms with Gasteiger partial charge in [-0.05, 0) is 19.1 Å². The van der Waals surface area contributed by atoms with E-state index in [9.17, 15) is 0 Å². The van der Waals surface area contributed by atoms with Crippen LogP contribution in [0.1, 0.15) is 11.3 Å². The first-order chi connectivity index (χ1) is 5.34. The van der Waals surface area contributed by atoms with Crippen molar-refractivity contribution in [3.63, 3.8) is 0 Å². The van der Waals surface area contributed by atoms with Crippen molar-refractivity contribution in [2.75, 3.05) is 0 Å². The molecule has 0 aliphatic rings. The van der Waals surface area contributed by atoms with E-state index in [1.165, 1.54) is 0 Å². The predicted molar refractivity (Wildman–Crippen MR) is 40.8 cm³/mol. The van der Waals surface area contributed by atoms with Crippen molar-refractivity contribution < 1.29 is 17.0 Å². The Morgan fingerprint density at radius 3 is 2.64 bits per heavy atom. The molecular weight excluding hydrogens is 175 g/mol. The quantitative estimate of drug-likeness (QED) is 0.606. The SMILES string of the molecule is Cc1ncccc1C#N.[CH2]=[V]. The molecule has 0 N–H and O–H groups in total. The Kier molecular flexibility index (Phi) is 5.37. The standard InChI is InChI=1S/C7H6N2.CH2.V/c1-6-7(5-8)3-2-4-9-6;;/h2-4H,1H3;1H2;. The molecule has 0 bridgehead atoms. The fraction of sp³-hybridized carbons (Fsp3) is 0.125. The average Bonchev–Trinajstić information content (AvgIpc) is 2.09. The van der Waals surface area contributed by atoms with E-state index in [1.54, 1.807) is 18.3 Å². The molecule has 55 valence electrons. The zero-order chi connectivity index (χ0) is 8.69. The molecule has 3 heteroatoms. The van der Waals surface area contributed by atoms with E-state index in [2.05, 4.69) is 27.2 Å². The Morgan fingerprint density at radius 2 is 2.27 bits per heavy atom. The maximum atomic E-state index is 8.43. The predicted octanol–water partition coefficient (Wildman–Crippen LogP) is 1.23. The number of aryl methyl sites for hydroxylation is 1. The van der Waals surface area contributed by atoms with E-state index >= 15 is 0 Å². The topological polar surface area (TPSA) is 36.7 Å². The van der Waals surface area contributed by atoms with Crippen LogP contribution < -0.4 is 0 Å². The van der Waals surface area contributed by atoms with Crippen LogP contribution in [0.4, 0.5) is 0 Å². The van der Waals surface area contributed by atoms with Crippen molar-refractivity contribution in [2.24, 2.45) is 0 Å². The Labute approximate surface area is 75.4 Å². The monoisotopic (exact) mass is 183 g/mol. The van der Waals surface area contributed by atoms with Crippen molar-refractivity contribution >= 4 is 5.23 Å². The van der Waals surface area contributed by atoms with Gasteiger partial charge < -0.3 is 0 Å². The van der Waals surface area contributed by atoms with Crippen LogP contribution >= 0.6 is 0 Å². The van der Waals surface area contributed by atoms with Gasteiger partial charge in [0.25, 0.3) is 0 Å². The molecular formula is C8H8N2V. The summed E-state index contributed by atoms with van der Waals surface area (Å²) in [5.41, 5.74) is 1.44. The van der Waals surface area contributed by atoms with Gasteiger partial charge in [0.1, 0.15) is 6.07 Å². The van der Waals surface area contributed by atoms with Crippen LogP contribution in [0, 0.1) is 18.3 Å². The Bertz CT molecular complexity index is 265. The second-order valence-corrected chi connectivity index (χ2v) is 1.75. The number of hydrogen-bond donors (Lipinski definition) is 0. The van der Waals surface area contributed by atoms with Gasteiger partial charge in [-0.15, -0.1) is 0 Å². The summed E-state index contributed by atoms with van der Waals surface area (Å²) in [7, 11) is 0. The molecule has 11 heavy (non-hydrogen) atoms. The van der Waals surface area contributed by atoms with E-state index in [0.717, 1.165) is 5.69 Å². The number of nitriles is 1. The van der Waals surface area contributed by atoms with Crippen LogP contribution in [-0.4, -0.2) is 10.2 Å². The van der Waals surface area contributed by atoms with Gasteiger partial charge in [-0.1, -0.05) is 0 Å². The van der Waals surface area contributed by atoms with Crippen molar-refractivity contribution in [3.05, 3.63) is 29.6 Å². The van der Waals surface area contributed by atoms with Crippen molar-refractivity contribution in [3.8, 4) is 6.07 Å². The maximum absolute atomic E-state index is 8.43. The first-order valence-electron chi connectivity index (χ1n) is 2.98. The molecule has 0 aliphatic carbocycles. The molecule has 0 atom stereocenters. The fourth-order valence-corrected chi connectivity index (χ4v) is 0.602. The molecule has 2 nitrogen and oxygen atoms in total. The van der Waals surface area contributed by atoms with Gasteiger partial charge in [0.05, 0.1) is 11.3 Å². The summed E-state index contributed by atoms with van der Waals surface area (Å²) in [5.74, 6) is 0. The molecule has 1 heterocycles. The third kappa shape index (κ3) is 3.13. The average molecular weight is 183 g/mol. The first kappa shape index (κ1) is 10.1.